The van der Waals surface area contributed by atoms with E-state index in [0.29, 0.717) is 23.0 Å². The third-order valence-electron chi connectivity index (χ3n) is 2.35. The van der Waals surface area contributed by atoms with Crippen LogP contribution in [-0.4, -0.2) is 40.1 Å². The summed E-state index contributed by atoms with van der Waals surface area (Å²) in [5, 5.41) is 2.58. The number of amides is 1. The van der Waals surface area contributed by atoms with Gasteiger partial charge in [-0.3, -0.25) is 4.79 Å². The van der Waals surface area contributed by atoms with Gasteiger partial charge in [0.2, 0.25) is 11.8 Å². The van der Waals surface area contributed by atoms with Crippen LogP contribution < -0.4 is 14.8 Å². The SMILES string of the molecule is COc1ncc(-c2cc(NC(C)=O)ncn2)c(OC)n1. The van der Waals surface area contributed by atoms with Gasteiger partial charge in [-0.1, -0.05) is 0 Å². The molecule has 0 radical (unpaired) electrons. The molecule has 0 aliphatic rings. The topological polar surface area (TPSA) is 99.1 Å². The molecule has 1 N–H and O–H groups in total. The van der Waals surface area contributed by atoms with Crippen molar-refractivity contribution in [2.24, 2.45) is 0 Å². The number of rotatable bonds is 4. The normalized spacial score (nSPS) is 9.95. The van der Waals surface area contributed by atoms with Gasteiger partial charge in [-0.15, -0.1) is 0 Å². The highest BCUT2D eigenvalue weighted by Crippen LogP contribution is 2.27. The van der Waals surface area contributed by atoms with E-state index >= 15 is 0 Å². The number of nitrogens with zero attached hydrogens (tertiary/aromatic N) is 4. The summed E-state index contributed by atoms with van der Waals surface area (Å²) in [4.78, 5) is 27.2. The van der Waals surface area contributed by atoms with Crippen LogP contribution in [0.1, 0.15) is 6.92 Å². The van der Waals surface area contributed by atoms with E-state index < -0.39 is 0 Å². The van der Waals surface area contributed by atoms with E-state index in [1.54, 1.807) is 6.07 Å². The van der Waals surface area contributed by atoms with Crippen molar-refractivity contribution >= 4 is 11.7 Å². The summed E-state index contributed by atoms with van der Waals surface area (Å²) in [5.74, 6) is 0.497. The maximum Gasteiger partial charge on any atom is 0.319 e. The predicted octanol–water partition coefficient (Wildman–Crippen LogP) is 0.909. The van der Waals surface area contributed by atoms with Gasteiger partial charge in [0, 0.05) is 19.2 Å². The number of hydrogen-bond acceptors (Lipinski definition) is 7. The van der Waals surface area contributed by atoms with Gasteiger partial charge in [-0.25, -0.2) is 15.0 Å². The molecule has 0 spiro atoms. The first kappa shape index (κ1) is 13.7. The molecule has 20 heavy (non-hydrogen) atoms. The van der Waals surface area contributed by atoms with E-state index in [2.05, 4.69) is 25.3 Å². The quantitative estimate of drug-likeness (QED) is 0.885. The highest BCUT2D eigenvalue weighted by Gasteiger charge is 2.12. The van der Waals surface area contributed by atoms with Gasteiger partial charge in [0.1, 0.15) is 12.1 Å². The van der Waals surface area contributed by atoms with Crippen LogP contribution in [0.25, 0.3) is 11.3 Å². The standard InChI is InChI=1S/C12H13N5O3/c1-7(18)16-10-4-9(14-6-15-10)8-5-13-12(20-3)17-11(8)19-2/h4-6H,1-3H3,(H,14,15,16,18). The summed E-state index contributed by atoms with van der Waals surface area (Å²) in [7, 11) is 2.95. The zero-order valence-electron chi connectivity index (χ0n) is 11.2. The van der Waals surface area contributed by atoms with Crippen LogP contribution in [0.3, 0.4) is 0 Å². The minimum Gasteiger partial charge on any atom is -0.480 e. The molecule has 0 saturated heterocycles. The summed E-state index contributed by atoms with van der Waals surface area (Å²) in [6, 6.07) is 1.80. The van der Waals surface area contributed by atoms with E-state index in [4.69, 9.17) is 9.47 Å². The van der Waals surface area contributed by atoms with Gasteiger partial charge in [0.05, 0.1) is 25.5 Å². The fourth-order valence-electron chi connectivity index (χ4n) is 1.53. The Labute approximate surface area is 115 Å². The molecule has 104 valence electrons. The van der Waals surface area contributed by atoms with Crippen molar-refractivity contribution in [3.63, 3.8) is 0 Å². The van der Waals surface area contributed by atoms with Gasteiger partial charge in [-0.05, 0) is 0 Å². The molecule has 2 aromatic rings. The lowest BCUT2D eigenvalue weighted by Crippen LogP contribution is -2.08. The van der Waals surface area contributed by atoms with Crippen LogP contribution in [0, 0.1) is 0 Å². The van der Waals surface area contributed by atoms with Crippen molar-refractivity contribution in [1.82, 2.24) is 19.9 Å². The molecule has 0 saturated carbocycles. The Morgan fingerprint density at radius 2 is 2.00 bits per heavy atom. The molecule has 8 nitrogen and oxygen atoms in total. The Morgan fingerprint density at radius 1 is 1.20 bits per heavy atom. The van der Waals surface area contributed by atoms with Crippen LogP contribution in [0.5, 0.6) is 11.9 Å². The highest BCUT2D eigenvalue weighted by molar-refractivity contribution is 5.88. The zero-order valence-corrected chi connectivity index (χ0v) is 11.2. The summed E-state index contributed by atoms with van der Waals surface area (Å²) in [6.45, 7) is 1.40. The van der Waals surface area contributed by atoms with Gasteiger partial charge in [-0.2, -0.15) is 4.98 Å². The second-order valence-electron chi connectivity index (χ2n) is 3.75. The number of methoxy groups -OCH3 is 2. The molecule has 1 amide bonds. The van der Waals surface area contributed by atoms with Gasteiger partial charge in [0.25, 0.3) is 0 Å². The van der Waals surface area contributed by atoms with Crippen LogP contribution >= 0.6 is 0 Å². The summed E-state index contributed by atoms with van der Waals surface area (Å²) in [6.07, 6.45) is 2.87. The van der Waals surface area contributed by atoms with Crippen LogP contribution in [0.2, 0.25) is 0 Å². The largest absolute Gasteiger partial charge is 0.480 e. The third-order valence-corrected chi connectivity index (χ3v) is 2.35. The van der Waals surface area contributed by atoms with Gasteiger partial charge in [0.15, 0.2) is 0 Å². The molecule has 0 bridgehead atoms. The smallest absolute Gasteiger partial charge is 0.319 e. The van der Waals surface area contributed by atoms with Crippen molar-refractivity contribution in [1.29, 1.82) is 0 Å². The third kappa shape index (κ3) is 2.97. The lowest BCUT2D eigenvalue weighted by Gasteiger charge is -2.08. The first-order valence-electron chi connectivity index (χ1n) is 5.69. The monoisotopic (exact) mass is 275 g/mol. The number of anilines is 1. The Kier molecular flexibility index (Phi) is 4.04. The Balaban J connectivity index is 2.42. The maximum atomic E-state index is 11.0. The van der Waals surface area contributed by atoms with E-state index in [9.17, 15) is 4.79 Å². The molecule has 2 aromatic heterocycles. The lowest BCUT2D eigenvalue weighted by molar-refractivity contribution is -0.114. The molecule has 0 aliphatic heterocycles. The molecule has 0 unspecified atom stereocenters. The fraction of sp³-hybridized carbons (Fsp3) is 0.250. The molecule has 0 aromatic carbocycles. The van der Waals surface area contributed by atoms with Crippen molar-refractivity contribution in [3.8, 4) is 23.1 Å². The Bertz CT molecular complexity index is 632. The highest BCUT2D eigenvalue weighted by atomic mass is 16.5. The predicted molar refractivity (Wildman–Crippen MR) is 70.5 cm³/mol. The second kappa shape index (κ2) is 5.91. The van der Waals surface area contributed by atoms with E-state index in [-0.39, 0.29) is 11.9 Å². The Hall–Kier alpha value is -2.77. The molecular formula is C12H13N5O3. The fourth-order valence-corrected chi connectivity index (χ4v) is 1.53. The first-order valence-corrected chi connectivity index (χ1v) is 5.69. The average molecular weight is 275 g/mol. The number of carbonyl (C=O) groups excluding carboxylic acids is 1. The minimum atomic E-state index is -0.215. The summed E-state index contributed by atoms with van der Waals surface area (Å²) >= 11 is 0. The molecule has 2 heterocycles. The maximum absolute atomic E-state index is 11.0. The number of carbonyl (C=O) groups is 1. The molecule has 0 aliphatic carbocycles. The van der Waals surface area contributed by atoms with Gasteiger partial charge >= 0.3 is 6.01 Å². The molecule has 0 atom stereocenters. The molecule has 2 rings (SSSR count). The summed E-state index contributed by atoms with van der Waals surface area (Å²) < 4.78 is 10.1. The lowest BCUT2D eigenvalue weighted by atomic mass is 10.2. The van der Waals surface area contributed by atoms with Gasteiger partial charge < -0.3 is 14.8 Å². The Morgan fingerprint density at radius 3 is 2.65 bits per heavy atom. The van der Waals surface area contributed by atoms with E-state index in [1.807, 2.05) is 0 Å². The number of nitrogens with one attached hydrogen (secondary N) is 1. The van der Waals surface area contributed by atoms with Crippen molar-refractivity contribution < 1.29 is 14.3 Å². The van der Waals surface area contributed by atoms with Crippen LogP contribution in [-0.2, 0) is 4.79 Å². The molecule has 8 heteroatoms. The number of hydrogen-bond donors (Lipinski definition) is 1. The average Bonchev–Trinajstić information content (AvgIpc) is 2.46. The van der Waals surface area contributed by atoms with Crippen molar-refractivity contribution in [2.45, 2.75) is 6.92 Å². The minimum absolute atomic E-state index is 0.196. The first-order chi connectivity index (χ1) is 9.63. The van der Waals surface area contributed by atoms with Crippen LogP contribution in [0.4, 0.5) is 5.82 Å². The second-order valence-corrected chi connectivity index (χ2v) is 3.75. The number of ether oxygens (including phenoxy) is 2. The van der Waals surface area contributed by atoms with E-state index in [0.717, 1.165) is 0 Å². The van der Waals surface area contributed by atoms with Crippen LogP contribution in [0.15, 0.2) is 18.6 Å². The van der Waals surface area contributed by atoms with Crippen molar-refractivity contribution in [3.05, 3.63) is 18.6 Å². The summed E-state index contributed by atoms with van der Waals surface area (Å²) in [5.41, 5.74) is 1.10. The van der Waals surface area contributed by atoms with E-state index in [1.165, 1.54) is 33.7 Å². The van der Waals surface area contributed by atoms with Crippen molar-refractivity contribution in [2.75, 3.05) is 19.5 Å². The molecule has 0 fully saturated rings. The number of aromatic nitrogens is 4. The zero-order chi connectivity index (χ0) is 14.5. The molecular weight excluding hydrogens is 262 g/mol.